The molecule has 2 N–H and O–H groups in total. The molecule has 7 heteroatoms. The van der Waals surface area contributed by atoms with Crippen LogP contribution in [0.25, 0.3) is 11.4 Å². The number of primary amides is 1. The van der Waals surface area contributed by atoms with Crippen LogP contribution in [0.3, 0.4) is 0 Å². The molecule has 2 atom stereocenters. The van der Waals surface area contributed by atoms with Crippen LogP contribution in [0, 0.1) is 5.92 Å². The minimum Gasteiger partial charge on any atom is -0.381 e. The quantitative estimate of drug-likeness (QED) is 0.889. The van der Waals surface area contributed by atoms with Gasteiger partial charge in [-0.1, -0.05) is 5.16 Å². The van der Waals surface area contributed by atoms with Crippen molar-refractivity contribution >= 4 is 11.6 Å². The van der Waals surface area contributed by atoms with Gasteiger partial charge in [-0.05, 0) is 56.4 Å². The van der Waals surface area contributed by atoms with Gasteiger partial charge in [-0.2, -0.15) is 4.98 Å². The van der Waals surface area contributed by atoms with Crippen molar-refractivity contribution in [3.63, 3.8) is 0 Å². The van der Waals surface area contributed by atoms with Crippen molar-refractivity contribution in [2.45, 2.75) is 38.0 Å². The molecule has 1 amide bonds. The second-order valence-corrected chi connectivity index (χ2v) is 7.43. The van der Waals surface area contributed by atoms with Crippen LogP contribution in [0.1, 0.15) is 43.9 Å². The number of aromatic nitrogens is 2. The van der Waals surface area contributed by atoms with Gasteiger partial charge in [0.05, 0.1) is 5.92 Å². The molecule has 144 valence electrons. The lowest BCUT2D eigenvalue weighted by molar-refractivity contribution is -0.122. The predicted molar refractivity (Wildman–Crippen MR) is 101 cm³/mol. The van der Waals surface area contributed by atoms with Gasteiger partial charge in [0.25, 0.3) is 0 Å². The van der Waals surface area contributed by atoms with Crippen LogP contribution < -0.4 is 10.6 Å². The smallest absolute Gasteiger partial charge is 0.230 e. The maximum absolute atomic E-state index is 11.5. The molecule has 0 bridgehead atoms. The minimum atomic E-state index is -0.209. The Bertz CT molecular complexity index is 766. The molecular formula is C20H26N4O3. The zero-order valence-electron chi connectivity index (χ0n) is 15.5. The number of carbonyl (C=O) groups excluding carboxylic acids is 1. The first-order chi connectivity index (χ1) is 13.2. The van der Waals surface area contributed by atoms with Gasteiger partial charge in [0, 0.05) is 43.5 Å². The SMILES string of the molecule is NC(=O)C1CCCN(c2ccc(-c3noc(C4CCCOCC4)n3)cc2)C1. The summed E-state index contributed by atoms with van der Waals surface area (Å²) in [7, 11) is 0. The Morgan fingerprint density at radius 1 is 1.11 bits per heavy atom. The van der Waals surface area contributed by atoms with E-state index in [0.29, 0.717) is 18.3 Å². The van der Waals surface area contributed by atoms with Crippen molar-refractivity contribution in [3.05, 3.63) is 30.2 Å². The lowest BCUT2D eigenvalue weighted by Gasteiger charge is -2.33. The molecule has 7 nitrogen and oxygen atoms in total. The summed E-state index contributed by atoms with van der Waals surface area (Å²) in [4.78, 5) is 18.3. The van der Waals surface area contributed by atoms with Crippen LogP contribution >= 0.6 is 0 Å². The van der Waals surface area contributed by atoms with Crippen LogP contribution in [-0.4, -0.2) is 42.4 Å². The van der Waals surface area contributed by atoms with Gasteiger partial charge >= 0.3 is 0 Å². The number of carbonyl (C=O) groups is 1. The van der Waals surface area contributed by atoms with E-state index < -0.39 is 0 Å². The van der Waals surface area contributed by atoms with E-state index in [1.807, 2.05) is 24.3 Å². The van der Waals surface area contributed by atoms with Gasteiger partial charge < -0.3 is 19.9 Å². The second kappa shape index (κ2) is 8.08. The molecule has 0 radical (unpaired) electrons. The van der Waals surface area contributed by atoms with Crippen molar-refractivity contribution in [1.82, 2.24) is 10.1 Å². The highest BCUT2D eigenvalue weighted by molar-refractivity contribution is 5.77. The monoisotopic (exact) mass is 370 g/mol. The molecule has 2 saturated heterocycles. The number of anilines is 1. The van der Waals surface area contributed by atoms with E-state index in [-0.39, 0.29) is 17.7 Å². The normalized spacial score (nSPS) is 23.8. The molecule has 1 aromatic heterocycles. The number of benzene rings is 1. The molecular weight excluding hydrogens is 344 g/mol. The first-order valence-electron chi connectivity index (χ1n) is 9.77. The van der Waals surface area contributed by atoms with Crippen molar-refractivity contribution in [2.75, 3.05) is 31.2 Å². The number of amides is 1. The summed E-state index contributed by atoms with van der Waals surface area (Å²) in [6.45, 7) is 3.19. The largest absolute Gasteiger partial charge is 0.381 e. The van der Waals surface area contributed by atoms with Gasteiger partial charge in [-0.15, -0.1) is 0 Å². The third-order valence-corrected chi connectivity index (χ3v) is 5.56. The van der Waals surface area contributed by atoms with Gasteiger partial charge in [0.2, 0.25) is 17.6 Å². The molecule has 1 aromatic carbocycles. The van der Waals surface area contributed by atoms with E-state index in [0.717, 1.165) is 63.1 Å². The predicted octanol–water partition coefficient (Wildman–Crippen LogP) is 2.72. The standard InChI is InChI=1S/C20H26N4O3/c21-18(25)16-3-1-10-24(13-16)17-7-5-14(6-8-17)19-22-20(27-23-19)15-4-2-11-26-12-9-15/h5-8,15-16H,1-4,9-13H2,(H2,21,25). The van der Waals surface area contributed by atoms with Crippen LogP contribution in [0.5, 0.6) is 0 Å². The summed E-state index contributed by atoms with van der Waals surface area (Å²) < 4.78 is 11.0. The van der Waals surface area contributed by atoms with E-state index >= 15 is 0 Å². The van der Waals surface area contributed by atoms with Gasteiger partial charge in [0.1, 0.15) is 0 Å². The van der Waals surface area contributed by atoms with Crippen molar-refractivity contribution in [1.29, 1.82) is 0 Å². The van der Waals surface area contributed by atoms with E-state index in [1.54, 1.807) is 0 Å². The van der Waals surface area contributed by atoms with Crippen LogP contribution in [0.4, 0.5) is 5.69 Å². The Kier molecular flexibility index (Phi) is 5.38. The highest BCUT2D eigenvalue weighted by Crippen LogP contribution is 2.29. The Hall–Kier alpha value is -2.41. The average molecular weight is 370 g/mol. The Labute approximate surface area is 158 Å². The van der Waals surface area contributed by atoms with E-state index in [1.165, 1.54) is 0 Å². The third-order valence-electron chi connectivity index (χ3n) is 5.56. The summed E-state index contributed by atoms with van der Waals surface area (Å²) in [5.74, 6) is 1.34. The highest BCUT2D eigenvalue weighted by atomic mass is 16.5. The number of ether oxygens (including phenoxy) is 1. The van der Waals surface area contributed by atoms with Crippen LogP contribution in [-0.2, 0) is 9.53 Å². The average Bonchev–Trinajstić information content (AvgIpc) is 3.04. The lowest BCUT2D eigenvalue weighted by atomic mass is 9.97. The number of nitrogens with two attached hydrogens (primary N) is 1. The van der Waals surface area contributed by atoms with Crippen molar-refractivity contribution in [2.24, 2.45) is 11.7 Å². The molecule has 3 heterocycles. The minimum absolute atomic E-state index is 0.0678. The first-order valence-corrected chi connectivity index (χ1v) is 9.77. The van der Waals surface area contributed by atoms with Crippen LogP contribution in [0.15, 0.2) is 28.8 Å². The molecule has 2 unspecified atom stereocenters. The molecule has 2 fully saturated rings. The third kappa shape index (κ3) is 4.13. The summed E-state index contributed by atoms with van der Waals surface area (Å²) in [5.41, 5.74) is 7.51. The second-order valence-electron chi connectivity index (χ2n) is 7.43. The summed E-state index contributed by atoms with van der Waals surface area (Å²) >= 11 is 0. The summed E-state index contributed by atoms with van der Waals surface area (Å²) in [5, 5.41) is 4.17. The Balaban J connectivity index is 1.45. The number of hydrogen-bond donors (Lipinski definition) is 1. The fourth-order valence-electron chi connectivity index (χ4n) is 3.93. The molecule has 0 spiro atoms. The zero-order chi connectivity index (χ0) is 18.6. The van der Waals surface area contributed by atoms with Crippen molar-refractivity contribution < 1.29 is 14.1 Å². The maximum Gasteiger partial charge on any atom is 0.230 e. The van der Waals surface area contributed by atoms with Crippen LogP contribution in [0.2, 0.25) is 0 Å². The van der Waals surface area contributed by atoms with Gasteiger partial charge in [0.15, 0.2) is 0 Å². The molecule has 0 saturated carbocycles. The maximum atomic E-state index is 11.5. The van der Waals surface area contributed by atoms with E-state index in [4.69, 9.17) is 15.0 Å². The van der Waals surface area contributed by atoms with Gasteiger partial charge in [-0.25, -0.2) is 0 Å². The topological polar surface area (TPSA) is 94.5 Å². The fourth-order valence-corrected chi connectivity index (χ4v) is 3.93. The molecule has 27 heavy (non-hydrogen) atoms. The molecule has 4 rings (SSSR count). The highest BCUT2D eigenvalue weighted by Gasteiger charge is 2.24. The Morgan fingerprint density at radius 3 is 2.78 bits per heavy atom. The summed E-state index contributed by atoms with van der Waals surface area (Å²) in [6.07, 6.45) is 4.84. The Morgan fingerprint density at radius 2 is 1.96 bits per heavy atom. The number of nitrogens with zero attached hydrogens (tertiary/aromatic N) is 3. The first kappa shape index (κ1) is 18.0. The van der Waals surface area contributed by atoms with E-state index in [2.05, 4.69) is 15.0 Å². The number of rotatable bonds is 4. The molecule has 2 aliphatic heterocycles. The number of piperidine rings is 1. The molecule has 0 aliphatic carbocycles. The molecule has 2 aliphatic rings. The van der Waals surface area contributed by atoms with Gasteiger partial charge in [-0.3, -0.25) is 4.79 Å². The van der Waals surface area contributed by atoms with Crippen molar-refractivity contribution in [3.8, 4) is 11.4 Å². The molecule has 2 aromatic rings. The van der Waals surface area contributed by atoms with E-state index in [9.17, 15) is 4.79 Å². The zero-order valence-corrected chi connectivity index (χ0v) is 15.5. The fraction of sp³-hybridized carbons (Fsp3) is 0.550. The lowest BCUT2D eigenvalue weighted by Crippen LogP contribution is -2.41. The summed E-state index contributed by atoms with van der Waals surface area (Å²) in [6, 6.07) is 8.12. The number of hydrogen-bond acceptors (Lipinski definition) is 6.